The van der Waals surface area contributed by atoms with Crippen molar-refractivity contribution in [3.8, 4) is 0 Å². The van der Waals surface area contributed by atoms with Gasteiger partial charge in [-0.3, -0.25) is 0 Å². The fourth-order valence-corrected chi connectivity index (χ4v) is 0. The van der Waals surface area contributed by atoms with Crippen LogP contribution in [0.1, 0.15) is 90.5 Å². The van der Waals surface area contributed by atoms with Crippen LogP contribution in [-0.4, -0.2) is 0 Å². The SMILES string of the molecule is C.C.C.C.CCC.CCC.CCC. The summed E-state index contributed by atoms with van der Waals surface area (Å²) < 4.78 is 0. The second-order valence-electron chi connectivity index (χ2n) is 2.12. The van der Waals surface area contributed by atoms with Gasteiger partial charge in [0, 0.05) is 0 Å². The minimum Gasteiger partial charge on any atom is -0.0776 e. The highest BCUT2D eigenvalue weighted by Gasteiger charge is 1.36. The highest BCUT2D eigenvalue weighted by molar-refractivity contribution is 3.92. The second kappa shape index (κ2) is 161. The zero-order valence-corrected chi connectivity index (χ0v) is 8.12. The summed E-state index contributed by atoms with van der Waals surface area (Å²) in [5.41, 5.74) is 0. The Kier molecular flexibility index (Phi) is 645. The smallest absolute Gasteiger partial charge is 0.0590 e. The molecule has 0 nitrogen and oxygen atoms in total. The quantitative estimate of drug-likeness (QED) is 0.400. The van der Waals surface area contributed by atoms with E-state index in [0.29, 0.717) is 0 Å². The molecule has 0 atom stereocenters. The Morgan fingerprint density at radius 2 is 0.385 bits per heavy atom. The van der Waals surface area contributed by atoms with Gasteiger partial charge in [0.05, 0.1) is 0 Å². The number of hydrogen-bond donors (Lipinski definition) is 0. The highest BCUT2D eigenvalue weighted by atomic mass is 13.4. The lowest BCUT2D eigenvalue weighted by atomic mass is 10.6. The molecule has 0 aromatic heterocycles. The molecule has 0 heterocycles. The molecule has 0 N–H and O–H groups in total. The third-order valence-corrected chi connectivity index (χ3v) is 0. The first-order valence-corrected chi connectivity index (χ1v) is 4.24. The van der Waals surface area contributed by atoms with Crippen LogP contribution in [0.3, 0.4) is 0 Å². The van der Waals surface area contributed by atoms with Gasteiger partial charge in [-0.25, -0.2) is 0 Å². The van der Waals surface area contributed by atoms with E-state index in [9.17, 15) is 0 Å². The molecule has 0 aliphatic carbocycles. The molecule has 0 aromatic carbocycles. The van der Waals surface area contributed by atoms with Crippen LogP contribution in [0.2, 0.25) is 0 Å². The van der Waals surface area contributed by atoms with Crippen molar-refractivity contribution in [2.45, 2.75) is 90.5 Å². The zero-order chi connectivity index (χ0) is 8.12. The minimum atomic E-state index is 0. The summed E-state index contributed by atoms with van der Waals surface area (Å²) in [4.78, 5) is 0. The molecule has 0 heteroatoms. The van der Waals surface area contributed by atoms with Crippen LogP contribution in [0.5, 0.6) is 0 Å². The maximum Gasteiger partial charge on any atom is -0.0590 e. The summed E-state index contributed by atoms with van der Waals surface area (Å²) in [6.07, 6.45) is 3.75. The van der Waals surface area contributed by atoms with Crippen molar-refractivity contribution in [3.05, 3.63) is 0 Å². The Morgan fingerprint density at radius 3 is 0.385 bits per heavy atom. The molecule has 0 amide bonds. The van der Waals surface area contributed by atoms with Crippen LogP contribution in [0.4, 0.5) is 0 Å². The predicted octanol–water partition coefficient (Wildman–Crippen LogP) is 6.79. The molecule has 0 unspecified atom stereocenters. The van der Waals surface area contributed by atoms with Crippen LogP contribution in [0, 0.1) is 0 Å². The van der Waals surface area contributed by atoms with Gasteiger partial charge in [-0.05, 0) is 0 Å². The van der Waals surface area contributed by atoms with Crippen LogP contribution in [0.15, 0.2) is 0 Å². The molecule has 0 radical (unpaired) electrons. The maximum absolute atomic E-state index is 2.12. The lowest BCUT2D eigenvalue weighted by Crippen LogP contribution is -1.27. The van der Waals surface area contributed by atoms with E-state index < -0.39 is 0 Å². The van der Waals surface area contributed by atoms with E-state index in [1.807, 2.05) is 0 Å². The second-order valence-corrected chi connectivity index (χ2v) is 2.12. The zero-order valence-electron chi connectivity index (χ0n) is 8.12. The van der Waals surface area contributed by atoms with Crippen molar-refractivity contribution in [1.29, 1.82) is 0 Å². The monoisotopic (exact) mass is 196 g/mol. The lowest BCUT2D eigenvalue weighted by molar-refractivity contribution is 1.09. The van der Waals surface area contributed by atoms with Gasteiger partial charge < -0.3 is 0 Å². The molecule has 92 valence electrons. The van der Waals surface area contributed by atoms with Crippen molar-refractivity contribution in [2.24, 2.45) is 0 Å². The first-order chi connectivity index (χ1) is 4.24. The summed E-state index contributed by atoms with van der Waals surface area (Å²) in [6.45, 7) is 12.8. The summed E-state index contributed by atoms with van der Waals surface area (Å²) in [5, 5.41) is 0. The lowest BCUT2D eigenvalue weighted by Gasteiger charge is -1.48. The summed E-state index contributed by atoms with van der Waals surface area (Å²) in [6, 6.07) is 0. The third-order valence-electron chi connectivity index (χ3n) is 0. The number of hydrogen-bond acceptors (Lipinski definition) is 0. The van der Waals surface area contributed by atoms with E-state index in [1.54, 1.807) is 0 Å². The van der Waals surface area contributed by atoms with Crippen LogP contribution >= 0.6 is 0 Å². The molecule has 0 spiro atoms. The first kappa shape index (κ1) is 52.0. The molecule has 13 heavy (non-hydrogen) atoms. The van der Waals surface area contributed by atoms with Gasteiger partial charge in [-0.1, -0.05) is 90.5 Å². The predicted molar refractivity (Wildman–Crippen MR) is 74.8 cm³/mol. The average Bonchev–Trinajstić information content (AvgIpc) is 1.70. The molecule has 0 rings (SSSR count). The Morgan fingerprint density at radius 1 is 0.385 bits per heavy atom. The van der Waals surface area contributed by atoms with E-state index in [-0.39, 0.29) is 29.7 Å². The fraction of sp³-hybridized carbons (Fsp3) is 1.00. The van der Waals surface area contributed by atoms with E-state index in [2.05, 4.69) is 41.5 Å². The van der Waals surface area contributed by atoms with Gasteiger partial charge in [0.1, 0.15) is 0 Å². The molecule has 0 fully saturated rings. The van der Waals surface area contributed by atoms with E-state index >= 15 is 0 Å². The molecule has 0 aromatic rings. The van der Waals surface area contributed by atoms with Crippen LogP contribution in [-0.2, 0) is 0 Å². The Labute approximate surface area is 91.2 Å². The van der Waals surface area contributed by atoms with Gasteiger partial charge in [0.2, 0.25) is 0 Å². The molecular formula is C13H40. The highest BCUT2D eigenvalue weighted by Crippen LogP contribution is 1.56. The molecule has 0 saturated heterocycles. The third kappa shape index (κ3) is 0. The summed E-state index contributed by atoms with van der Waals surface area (Å²) in [7, 11) is 0. The van der Waals surface area contributed by atoms with Crippen LogP contribution in [0.25, 0.3) is 0 Å². The standard InChI is InChI=1S/3C3H8.4CH4/c3*1-3-2;;;;/h3*3H2,1-2H3;4*1H4. The van der Waals surface area contributed by atoms with Crippen molar-refractivity contribution >= 4 is 0 Å². The fourth-order valence-electron chi connectivity index (χ4n) is 0. The first-order valence-electron chi connectivity index (χ1n) is 4.24. The minimum absolute atomic E-state index is 0. The summed E-state index contributed by atoms with van der Waals surface area (Å²) in [5.74, 6) is 0. The Bertz CT molecular complexity index is 4.75. The van der Waals surface area contributed by atoms with Gasteiger partial charge in [0.25, 0.3) is 0 Å². The van der Waals surface area contributed by atoms with Gasteiger partial charge in [-0.15, -0.1) is 0 Å². The average molecular weight is 196 g/mol. The Balaban J connectivity index is -0.00000000720. The van der Waals surface area contributed by atoms with E-state index in [4.69, 9.17) is 0 Å². The van der Waals surface area contributed by atoms with Gasteiger partial charge >= 0.3 is 0 Å². The molecule has 0 bridgehead atoms. The van der Waals surface area contributed by atoms with Crippen molar-refractivity contribution in [3.63, 3.8) is 0 Å². The maximum atomic E-state index is 2.12. The van der Waals surface area contributed by atoms with Crippen molar-refractivity contribution in [2.75, 3.05) is 0 Å². The largest absolute Gasteiger partial charge is 0.0776 e. The van der Waals surface area contributed by atoms with Crippen molar-refractivity contribution < 1.29 is 0 Å². The molecular weight excluding hydrogens is 156 g/mol. The molecule has 0 saturated carbocycles. The molecule has 0 aliphatic heterocycles. The number of rotatable bonds is 0. The van der Waals surface area contributed by atoms with Crippen LogP contribution < -0.4 is 0 Å². The van der Waals surface area contributed by atoms with Gasteiger partial charge in [0.15, 0.2) is 0 Å². The topological polar surface area (TPSA) is 0 Å². The Hall–Kier alpha value is 0. The normalized spacial score (nSPS) is 4.15. The van der Waals surface area contributed by atoms with Crippen molar-refractivity contribution in [1.82, 2.24) is 0 Å². The van der Waals surface area contributed by atoms with E-state index in [0.717, 1.165) is 0 Å². The van der Waals surface area contributed by atoms with Gasteiger partial charge in [-0.2, -0.15) is 0 Å². The van der Waals surface area contributed by atoms with E-state index in [1.165, 1.54) is 19.3 Å². The molecule has 0 aliphatic rings. The summed E-state index contributed by atoms with van der Waals surface area (Å²) >= 11 is 0.